The van der Waals surface area contributed by atoms with E-state index in [0.717, 1.165) is 0 Å². The standard InChI is InChI=1S/C14H19ClN2O2/c1-14(2,3)19-9-11(18)8-17-13-6-10(7-16)4-5-12(13)15/h4-6,11,17-18H,8-9H2,1-3H3. The zero-order valence-corrected chi connectivity index (χ0v) is 12.2. The number of nitriles is 1. The molecule has 0 saturated heterocycles. The zero-order chi connectivity index (χ0) is 14.5. The van der Waals surface area contributed by atoms with E-state index in [0.29, 0.717) is 22.8 Å². The lowest BCUT2D eigenvalue weighted by Gasteiger charge is -2.22. The molecular formula is C14H19ClN2O2. The quantitative estimate of drug-likeness (QED) is 0.871. The molecule has 1 aromatic carbocycles. The van der Waals surface area contributed by atoms with E-state index in [2.05, 4.69) is 5.32 Å². The lowest BCUT2D eigenvalue weighted by atomic mass is 10.2. The SMILES string of the molecule is CC(C)(C)OCC(O)CNc1cc(C#N)ccc1Cl. The number of benzene rings is 1. The van der Waals surface area contributed by atoms with Crippen molar-refractivity contribution in [1.82, 2.24) is 0 Å². The van der Waals surface area contributed by atoms with Gasteiger partial charge in [-0.2, -0.15) is 5.26 Å². The second-order valence-corrected chi connectivity index (χ2v) is 5.67. The number of hydrogen-bond acceptors (Lipinski definition) is 4. The maximum atomic E-state index is 9.80. The Balaban J connectivity index is 2.50. The van der Waals surface area contributed by atoms with Crippen LogP contribution in [0.25, 0.3) is 0 Å². The minimum atomic E-state index is -0.638. The highest BCUT2D eigenvalue weighted by Gasteiger charge is 2.13. The van der Waals surface area contributed by atoms with Crippen molar-refractivity contribution in [2.45, 2.75) is 32.5 Å². The van der Waals surface area contributed by atoms with Gasteiger partial charge in [-0.25, -0.2) is 0 Å². The van der Waals surface area contributed by atoms with Crippen LogP contribution in [0.1, 0.15) is 26.3 Å². The smallest absolute Gasteiger partial charge is 0.0992 e. The number of halogens is 1. The summed E-state index contributed by atoms with van der Waals surface area (Å²) in [5, 5.41) is 22.1. The van der Waals surface area contributed by atoms with Crippen LogP contribution >= 0.6 is 11.6 Å². The fourth-order valence-corrected chi connectivity index (χ4v) is 1.55. The van der Waals surface area contributed by atoms with E-state index in [1.54, 1.807) is 18.2 Å². The van der Waals surface area contributed by atoms with Crippen LogP contribution in [0.15, 0.2) is 18.2 Å². The van der Waals surface area contributed by atoms with Crippen molar-refractivity contribution in [3.05, 3.63) is 28.8 Å². The first kappa shape index (κ1) is 15.8. The molecule has 0 amide bonds. The predicted octanol–water partition coefficient (Wildman–Crippen LogP) is 2.80. The third-order valence-electron chi connectivity index (χ3n) is 2.33. The molecule has 1 aromatic rings. The third-order valence-corrected chi connectivity index (χ3v) is 2.66. The Labute approximate surface area is 119 Å². The predicted molar refractivity (Wildman–Crippen MR) is 76.4 cm³/mol. The van der Waals surface area contributed by atoms with Gasteiger partial charge < -0.3 is 15.2 Å². The average molecular weight is 283 g/mol. The molecule has 0 saturated carbocycles. The highest BCUT2D eigenvalue weighted by atomic mass is 35.5. The van der Waals surface area contributed by atoms with Crippen LogP contribution in [0.5, 0.6) is 0 Å². The number of anilines is 1. The van der Waals surface area contributed by atoms with Crippen LogP contribution in [0.3, 0.4) is 0 Å². The minimum Gasteiger partial charge on any atom is -0.389 e. The summed E-state index contributed by atoms with van der Waals surface area (Å²) in [6.45, 7) is 6.35. The van der Waals surface area contributed by atoms with Crippen LogP contribution in [-0.2, 0) is 4.74 Å². The molecule has 0 radical (unpaired) electrons. The van der Waals surface area contributed by atoms with Crippen LogP contribution in [0.4, 0.5) is 5.69 Å². The maximum Gasteiger partial charge on any atom is 0.0992 e. The lowest BCUT2D eigenvalue weighted by Crippen LogP contribution is -2.30. The second-order valence-electron chi connectivity index (χ2n) is 5.26. The van der Waals surface area contributed by atoms with Gasteiger partial charge in [-0.05, 0) is 39.0 Å². The molecule has 19 heavy (non-hydrogen) atoms. The summed E-state index contributed by atoms with van der Waals surface area (Å²) in [7, 11) is 0. The molecule has 104 valence electrons. The molecule has 5 heteroatoms. The topological polar surface area (TPSA) is 65.3 Å². The van der Waals surface area contributed by atoms with Gasteiger partial charge in [0.05, 0.1) is 40.7 Å². The fourth-order valence-electron chi connectivity index (χ4n) is 1.36. The van der Waals surface area contributed by atoms with Crippen LogP contribution in [0.2, 0.25) is 5.02 Å². The van der Waals surface area contributed by atoms with Gasteiger partial charge in [0, 0.05) is 6.54 Å². The summed E-state index contributed by atoms with van der Waals surface area (Å²) >= 11 is 6.00. The van der Waals surface area contributed by atoms with Gasteiger partial charge in [-0.1, -0.05) is 11.6 Å². The minimum absolute atomic E-state index is 0.242. The maximum absolute atomic E-state index is 9.80. The highest BCUT2D eigenvalue weighted by molar-refractivity contribution is 6.33. The molecule has 4 nitrogen and oxygen atoms in total. The Morgan fingerprint density at radius 1 is 1.47 bits per heavy atom. The van der Waals surface area contributed by atoms with Crippen molar-refractivity contribution in [2.75, 3.05) is 18.5 Å². The summed E-state index contributed by atoms with van der Waals surface area (Å²) in [6.07, 6.45) is -0.638. The van der Waals surface area contributed by atoms with E-state index in [1.165, 1.54) is 0 Å². The number of ether oxygens (including phenoxy) is 1. The van der Waals surface area contributed by atoms with E-state index in [-0.39, 0.29) is 12.2 Å². The summed E-state index contributed by atoms with van der Waals surface area (Å²) in [5.41, 5.74) is 0.877. The number of nitrogens with zero attached hydrogens (tertiary/aromatic N) is 1. The van der Waals surface area contributed by atoms with Crippen molar-refractivity contribution in [3.8, 4) is 6.07 Å². The zero-order valence-electron chi connectivity index (χ0n) is 11.4. The van der Waals surface area contributed by atoms with Crippen LogP contribution in [0, 0.1) is 11.3 Å². The second kappa shape index (κ2) is 6.76. The van der Waals surface area contributed by atoms with Crippen LogP contribution in [-0.4, -0.2) is 30.0 Å². The summed E-state index contributed by atoms with van der Waals surface area (Å²) in [5.74, 6) is 0. The Kier molecular flexibility index (Phi) is 5.61. The first-order valence-corrected chi connectivity index (χ1v) is 6.45. The number of rotatable bonds is 5. The molecule has 0 aliphatic rings. The molecule has 0 aliphatic carbocycles. The van der Waals surface area contributed by atoms with Crippen molar-refractivity contribution < 1.29 is 9.84 Å². The Bertz CT molecular complexity index is 463. The summed E-state index contributed by atoms with van der Waals surface area (Å²) < 4.78 is 5.48. The molecule has 0 heterocycles. The fraction of sp³-hybridized carbons (Fsp3) is 0.500. The molecule has 0 fully saturated rings. The number of hydrogen-bond donors (Lipinski definition) is 2. The Hall–Kier alpha value is -1.28. The monoisotopic (exact) mass is 282 g/mol. The molecule has 1 atom stereocenters. The Morgan fingerprint density at radius 3 is 2.74 bits per heavy atom. The van der Waals surface area contributed by atoms with Crippen LogP contribution < -0.4 is 5.32 Å². The average Bonchev–Trinajstić information content (AvgIpc) is 2.34. The number of aliphatic hydroxyl groups excluding tert-OH is 1. The van der Waals surface area contributed by atoms with Gasteiger partial charge in [0.2, 0.25) is 0 Å². The van der Waals surface area contributed by atoms with Gasteiger partial charge in [-0.3, -0.25) is 0 Å². The van der Waals surface area contributed by atoms with E-state index >= 15 is 0 Å². The molecule has 1 unspecified atom stereocenters. The lowest BCUT2D eigenvalue weighted by molar-refractivity contribution is -0.0449. The number of aliphatic hydroxyl groups is 1. The van der Waals surface area contributed by atoms with Crippen molar-refractivity contribution in [3.63, 3.8) is 0 Å². The van der Waals surface area contributed by atoms with E-state index in [1.807, 2.05) is 26.8 Å². The van der Waals surface area contributed by atoms with E-state index in [9.17, 15) is 5.11 Å². The highest BCUT2D eigenvalue weighted by Crippen LogP contribution is 2.22. The van der Waals surface area contributed by atoms with Gasteiger partial charge >= 0.3 is 0 Å². The molecule has 2 N–H and O–H groups in total. The van der Waals surface area contributed by atoms with E-state index in [4.69, 9.17) is 21.6 Å². The largest absolute Gasteiger partial charge is 0.389 e. The first-order chi connectivity index (χ1) is 8.81. The van der Waals surface area contributed by atoms with Crippen molar-refractivity contribution in [2.24, 2.45) is 0 Å². The molecule has 0 aromatic heterocycles. The normalized spacial score (nSPS) is 12.8. The molecule has 0 aliphatic heterocycles. The summed E-state index contributed by atoms with van der Waals surface area (Å²) in [6, 6.07) is 6.99. The van der Waals surface area contributed by atoms with Gasteiger partial charge in [0.25, 0.3) is 0 Å². The Morgan fingerprint density at radius 2 is 2.16 bits per heavy atom. The molecule has 1 rings (SSSR count). The third kappa shape index (κ3) is 5.93. The van der Waals surface area contributed by atoms with Gasteiger partial charge in [0.1, 0.15) is 0 Å². The molecule has 0 spiro atoms. The molecule has 0 bridgehead atoms. The van der Waals surface area contributed by atoms with Gasteiger partial charge in [0.15, 0.2) is 0 Å². The molecular weight excluding hydrogens is 264 g/mol. The van der Waals surface area contributed by atoms with E-state index < -0.39 is 6.10 Å². The first-order valence-electron chi connectivity index (χ1n) is 6.07. The van der Waals surface area contributed by atoms with Crippen molar-refractivity contribution >= 4 is 17.3 Å². The van der Waals surface area contributed by atoms with Crippen molar-refractivity contribution in [1.29, 1.82) is 5.26 Å². The summed E-state index contributed by atoms with van der Waals surface area (Å²) in [4.78, 5) is 0. The van der Waals surface area contributed by atoms with Gasteiger partial charge in [-0.15, -0.1) is 0 Å². The number of nitrogens with one attached hydrogen (secondary N) is 1.